The number of piperidine rings is 1. The molecule has 1 unspecified atom stereocenters. The van der Waals surface area contributed by atoms with E-state index in [1.165, 1.54) is 23.3 Å². The molecule has 166 valence electrons. The van der Waals surface area contributed by atoms with Crippen LogP contribution in [0.3, 0.4) is 0 Å². The Morgan fingerprint density at radius 3 is 2.28 bits per heavy atom. The van der Waals surface area contributed by atoms with E-state index in [0.29, 0.717) is 5.56 Å². The zero-order valence-electron chi connectivity index (χ0n) is 18.5. The molecule has 3 aromatic rings. The first-order valence-electron chi connectivity index (χ1n) is 11.4. The maximum absolute atomic E-state index is 13.1. The predicted octanol–water partition coefficient (Wildman–Crippen LogP) is 6.24. The number of likely N-dealkylation sites (tertiary alicyclic amines) is 1. The lowest BCUT2D eigenvalue weighted by Gasteiger charge is -2.32. The van der Waals surface area contributed by atoms with Gasteiger partial charge in [0, 0.05) is 24.4 Å². The zero-order valence-corrected chi connectivity index (χ0v) is 18.5. The summed E-state index contributed by atoms with van der Waals surface area (Å²) in [6.45, 7) is 4.78. The number of aryl methyl sites for hydroxylation is 1. The number of nitrogens with zero attached hydrogens (tertiary/aromatic N) is 1. The van der Waals surface area contributed by atoms with Crippen LogP contribution in [-0.4, -0.2) is 30.3 Å². The standard InChI is InChI=1S/C28H30FNO2/c1-21-7-13-26(14-8-21)32-27(22-5-3-2-4-6-22)17-20-30-18-15-24(16-19-30)28(31)23-9-11-25(29)12-10-23/h2-14,24,27H,15-20H2,1H3. The number of hydrogen-bond donors (Lipinski definition) is 0. The van der Waals surface area contributed by atoms with Gasteiger partial charge in [0.15, 0.2) is 5.78 Å². The van der Waals surface area contributed by atoms with E-state index in [-0.39, 0.29) is 23.6 Å². The lowest BCUT2D eigenvalue weighted by molar-refractivity contribution is 0.0822. The van der Waals surface area contributed by atoms with Crippen molar-refractivity contribution in [2.75, 3.05) is 19.6 Å². The summed E-state index contributed by atoms with van der Waals surface area (Å²) in [4.78, 5) is 15.2. The number of ether oxygens (including phenoxy) is 1. The predicted molar refractivity (Wildman–Crippen MR) is 126 cm³/mol. The molecular formula is C28H30FNO2. The SMILES string of the molecule is Cc1ccc(OC(CCN2CCC(C(=O)c3ccc(F)cc3)CC2)c2ccccc2)cc1. The van der Waals surface area contributed by atoms with E-state index >= 15 is 0 Å². The highest BCUT2D eigenvalue weighted by Gasteiger charge is 2.26. The van der Waals surface area contributed by atoms with E-state index in [9.17, 15) is 9.18 Å². The van der Waals surface area contributed by atoms with Crippen LogP contribution in [0, 0.1) is 18.7 Å². The molecule has 1 atom stereocenters. The number of ketones is 1. The minimum absolute atomic E-state index is 0.0162. The molecule has 1 saturated heterocycles. The molecule has 1 fully saturated rings. The van der Waals surface area contributed by atoms with Crippen molar-refractivity contribution in [1.29, 1.82) is 0 Å². The van der Waals surface area contributed by atoms with Crippen LogP contribution in [0.4, 0.5) is 4.39 Å². The second-order valence-corrected chi connectivity index (χ2v) is 8.61. The molecule has 0 radical (unpaired) electrons. The molecule has 0 aliphatic carbocycles. The van der Waals surface area contributed by atoms with Crippen molar-refractivity contribution in [3.8, 4) is 5.75 Å². The van der Waals surface area contributed by atoms with Crippen LogP contribution in [0.5, 0.6) is 5.75 Å². The normalized spacial score (nSPS) is 15.9. The summed E-state index contributed by atoms with van der Waals surface area (Å²) in [7, 11) is 0. The Labute approximate surface area is 189 Å². The monoisotopic (exact) mass is 431 g/mol. The number of carbonyl (C=O) groups excluding carboxylic acids is 1. The van der Waals surface area contributed by atoms with Gasteiger partial charge in [0.05, 0.1) is 0 Å². The Bertz CT molecular complexity index is 994. The first kappa shape index (κ1) is 22.2. The minimum atomic E-state index is -0.308. The number of rotatable bonds is 8. The van der Waals surface area contributed by atoms with Crippen molar-refractivity contribution in [3.05, 3.63) is 101 Å². The summed E-state index contributed by atoms with van der Waals surface area (Å²) in [5.41, 5.74) is 3.00. The maximum Gasteiger partial charge on any atom is 0.166 e. The van der Waals surface area contributed by atoms with Crippen LogP contribution in [0.1, 0.15) is 46.9 Å². The van der Waals surface area contributed by atoms with Crippen molar-refractivity contribution in [3.63, 3.8) is 0 Å². The highest BCUT2D eigenvalue weighted by molar-refractivity contribution is 5.97. The van der Waals surface area contributed by atoms with Gasteiger partial charge in [-0.3, -0.25) is 4.79 Å². The topological polar surface area (TPSA) is 29.5 Å². The lowest BCUT2D eigenvalue weighted by atomic mass is 9.88. The van der Waals surface area contributed by atoms with E-state index in [2.05, 4.69) is 36.1 Å². The van der Waals surface area contributed by atoms with Crippen molar-refractivity contribution in [2.24, 2.45) is 5.92 Å². The molecule has 0 saturated carbocycles. The number of Topliss-reactive ketones (excluding diaryl/α,β-unsaturated/α-hetero) is 1. The van der Waals surface area contributed by atoms with Crippen molar-refractivity contribution < 1.29 is 13.9 Å². The third kappa shape index (κ3) is 5.83. The Balaban J connectivity index is 1.33. The van der Waals surface area contributed by atoms with E-state index < -0.39 is 0 Å². The molecule has 4 rings (SSSR count). The van der Waals surface area contributed by atoms with Gasteiger partial charge in [-0.05, 0) is 74.8 Å². The highest BCUT2D eigenvalue weighted by atomic mass is 19.1. The molecule has 1 aliphatic heterocycles. The van der Waals surface area contributed by atoms with Gasteiger partial charge in [0.25, 0.3) is 0 Å². The first-order valence-corrected chi connectivity index (χ1v) is 11.4. The largest absolute Gasteiger partial charge is 0.486 e. The third-order valence-electron chi connectivity index (χ3n) is 6.27. The number of hydrogen-bond acceptors (Lipinski definition) is 3. The fourth-order valence-electron chi connectivity index (χ4n) is 4.31. The van der Waals surface area contributed by atoms with Gasteiger partial charge in [-0.2, -0.15) is 0 Å². The van der Waals surface area contributed by atoms with Crippen LogP contribution >= 0.6 is 0 Å². The Morgan fingerprint density at radius 2 is 1.62 bits per heavy atom. The molecule has 1 heterocycles. The Morgan fingerprint density at radius 1 is 0.969 bits per heavy atom. The van der Waals surface area contributed by atoms with Gasteiger partial charge >= 0.3 is 0 Å². The number of carbonyl (C=O) groups is 1. The van der Waals surface area contributed by atoms with E-state index in [4.69, 9.17) is 4.74 Å². The molecule has 3 aromatic carbocycles. The van der Waals surface area contributed by atoms with Gasteiger partial charge in [0.1, 0.15) is 17.7 Å². The van der Waals surface area contributed by atoms with Crippen LogP contribution in [0.2, 0.25) is 0 Å². The number of benzene rings is 3. The molecule has 0 amide bonds. The molecule has 1 aliphatic rings. The minimum Gasteiger partial charge on any atom is -0.486 e. The molecule has 32 heavy (non-hydrogen) atoms. The van der Waals surface area contributed by atoms with E-state index in [0.717, 1.165) is 44.6 Å². The second-order valence-electron chi connectivity index (χ2n) is 8.61. The summed E-state index contributed by atoms with van der Waals surface area (Å²) in [6, 6.07) is 24.5. The molecule has 0 spiro atoms. The van der Waals surface area contributed by atoms with Crippen molar-refractivity contribution in [2.45, 2.75) is 32.3 Å². The first-order chi connectivity index (χ1) is 15.6. The number of halogens is 1. The quantitative estimate of drug-likeness (QED) is 0.396. The Kier molecular flexibility index (Phi) is 7.33. The fraction of sp³-hybridized carbons (Fsp3) is 0.321. The molecule has 3 nitrogen and oxygen atoms in total. The average Bonchev–Trinajstić information content (AvgIpc) is 2.84. The summed E-state index contributed by atoms with van der Waals surface area (Å²) in [5.74, 6) is 0.727. The zero-order chi connectivity index (χ0) is 22.3. The Hall–Kier alpha value is -2.98. The summed E-state index contributed by atoms with van der Waals surface area (Å²) < 4.78 is 19.5. The molecule has 0 bridgehead atoms. The van der Waals surface area contributed by atoms with E-state index in [1.807, 2.05) is 30.3 Å². The molecule has 0 N–H and O–H groups in total. The third-order valence-corrected chi connectivity index (χ3v) is 6.27. The van der Waals surface area contributed by atoms with Crippen LogP contribution < -0.4 is 4.74 Å². The van der Waals surface area contributed by atoms with Gasteiger partial charge in [-0.1, -0.05) is 48.0 Å². The van der Waals surface area contributed by atoms with E-state index in [1.54, 1.807) is 12.1 Å². The summed E-state index contributed by atoms with van der Waals surface area (Å²) in [6.07, 6.45) is 2.54. The van der Waals surface area contributed by atoms with Gasteiger partial charge < -0.3 is 9.64 Å². The van der Waals surface area contributed by atoms with Crippen molar-refractivity contribution in [1.82, 2.24) is 4.90 Å². The smallest absolute Gasteiger partial charge is 0.166 e. The van der Waals surface area contributed by atoms with Gasteiger partial charge in [-0.15, -0.1) is 0 Å². The molecule has 0 aromatic heterocycles. The van der Waals surface area contributed by atoms with Crippen LogP contribution in [0.15, 0.2) is 78.9 Å². The van der Waals surface area contributed by atoms with Crippen LogP contribution in [-0.2, 0) is 0 Å². The second kappa shape index (κ2) is 10.6. The van der Waals surface area contributed by atoms with Crippen molar-refractivity contribution >= 4 is 5.78 Å². The maximum atomic E-state index is 13.1. The van der Waals surface area contributed by atoms with Gasteiger partial charge in [-0.25, -0.2) is 4.39 Å². The molecular weight excluding hydrogens is 401 g/mol. The summed E-state index contributed by atoms with van der Waals surface area (Å²) >= 11 is 0. The highest BCUT2D eigenvalue weighted by Crippen LogP contribution is 2.27. The fourth-order valence-corrected chi connectivity index (χ4v) is 4.31. The lowest BCUT2D eigenvalue weighted by Crippen LogP contribution is -2.37. The summed E-state index contributed by atoms with van der Waals surface area (Å²) in [5, 5.41) is 0. The van der Waals surface area contributed by atoms with Crippen LogP contribution in [0.25, 0.3) is 0 Å². The van der Waals surface area contributed by atoms with Gasteiger partial charge in [0.2, 0.25) is 0 Å². The molecule has 4 heteroatoms. The average molecular weight is 432 g/mol.